The third-order valence-electron chi connectivity index (χ3n) is 0.609. The first kappa shape index (κ1) is 14.1. The van der Waals surface area contributed by atoms with E-state index in [1.807, 2.05) is 0 Å². The zero-order chi connectivity index (χ0) is 11.4. The molecule has 0 saturated carbocycles. The summed E-state index contributed by atoms with van der Waals surface area (Å²) in [5.74, 6) is 0. The Bertz CT molecular complexity index is 201. The molecule has 0 N–H and O–H groups in total. The zero-order valence-electron chi connectivity index (χ0n) is 6.02. The molecule has 0 bridgehead atoms. The van der Waals surface area contributed by atoms with Gasteiger partial charge in [0.05, 0.1) is 0 Å². The lowest BCUT2D eigenvalue weighted by atomic mass is 11.5. The Balaban J connectivity index is 4.25. The van der Waals surface area contributed by atoms with Crippen LogP contribution in [0.3, 0.4) is 0 Å². The average molecular weight is 273 g/mol. The minimum Gasteiger partial charge on any atom is -0.185 e. The molecule has 0 atom stereocenters. The standard InChI is InChI=1S/C4HF6NS3/c5-3(6,7)13-2(12-1-11)14-4(8,9)10/h2H. The number of hydrogen-bond donors (Lipinski definition) is 0. The Morgan fingerprint density at radius 1 is 0.929 bits per heavy atom. The Labute approximate surface area is 87.6 Å². The van der Waals surface area contributed by atoms with Gasteiger partial charge in [-0.3, -0.25) is 0 Å². The van der Waals surface area contributed by atoms with Crippen LogP contribution >= 0.6 is 35.3 Å². The second-order valence-electron chi connectivity index (χ2n) is 1.62. The van der Waals surface area contributed by atoms with Crippen molar-refractivity contribution in [2.24, 2.45) is 0 Å². The van der Waals surface area contributed by atoms with Crippen LogP contribution in [0.1, 0.15) is 0 Å². The third-order valence-corrected chi connectivity index (χ3v) is 3.56. The van der Waals surface area contributed by atoms with E-state index >= 15 is 0 Å². The molecule has 0 radical (unpaired) electrons. The van der Waals surface area contributed by atoms with E-state index in [1.165, 1.54) is 5.40 Å². The van der Waals surface area contributed by atoms with Gasteiger partial charge in [0.15, 0.2) is 0 Å². The van der Waals surface area contributed by atoms with Crippen LogP contribution in [-0.2, 0) is 0 Å². The van der Waals surface area contributed by atoms with Crippen LogP contribution in [0.4, 0.5) is 26.3 Å². The molecular weight excluding hydrogens is 272 g/mol. The van der Waals surface area contributed by atoms with E-state index in [0.717, 1.165) is 0 Å². The quantitative estimate of drug-likeness (QED) is 0.441. The number of nitrogens with zero attached hydrogens (tertiary/aromatic N) is 1. The Hall–Kier alpha value is 0.120. The number of hydrogen-bond acceptors (Lipinski definition) is 4. The number of nitriles is 1. The number of thioether (sulfide) groups is 3. The second kappa shape index (κ2) is 5.27. The van der Waals surface area contributed by atoms with Gasteiger partial charge in [-0.05, 0) is 35.3 Å². The van der Waals surface area contributed by atoms with Gasteiger partial charge < -0.3 is 0 Å². The van der Waals surface area contributed by atoms with Crippen molar-refractivity contribution < 1.29 is 26.3 Å². The van der Waals surface area contributed by atoms with Gasteiger partial charge in [0.1, 0.15) is 9.32 Å². The summed E-state index contributed by atoms with van der Waals surface area (Å²) in [4.78, 5) is 0. The molecule has 0 saturated heterocycles. The molecule has 82 valence electrons. The summed E-state index contributed by atoms with van der Waals surface area (Å²) in [5.41, 5.74) is -9.57. The number of halogens is 6. The Kier molecular flexibility index (Phi) is 5.32. The number of alkyl halides is 6. The zero-order valence-corrected chi connectivity index (χ0v) is 8.47. The van der Waals surface area contributed by atoms with Gasteiger partial charge in [-0.15, -0.1) is 0 Å². The van der Waals surface area contributed by atoms with Crippen molar-refractivity contribution in [1.82, 2.24) is 0 Å². The topological polar surface area (TPSA) is 23.8 Å². The fourth-order valence-corrected chi connectivity index (χ4v) is 3.00. The fourth-order valence-electron chi connectivity index (χ4n) is 0.333. The van der Waals surface area contributed by atoms with Gasteiger partial charge in [-0.2, -0.15) is 31.6 Å². The lowest BCUT2D eigenvalue weighted by Gasteiger charge is -2.15. The molecule has 0 fully saturated rings. The Morgan fingerprint density at radius 3 is 1.50 bits per heavy atom. The van der Waals surface area contributed by atoms with E-state index in [4.69, 9.17) is 5.26 Å². The summed E-state index contributed by atoms with van der Waals surface area (Å²) in [7, 11) is 0. The smallest absolute Gasteiger partial charge is 0.185 e. The van der Waals surface area contributed by atoms with Crippen molar-refractivity contribution in [1.29, 1.82) is 5.26 Å². The SMILES string of the molecule is N#CSC(SC(F)(F)F)SC(F)(F)F. The average Bonchev–Trinajstić information content (AvgIpc) is 1.78. The van der Waals surface area contributed by atoms with E-state index in [-0.39, 0.29) is 11.8 Å². The molecule has 0 aromatic carbocycles. The predicted octanol–water partition coefficient (Wildman–Crippen LogP) is 3.99. The molecule has 1 nitrogen and oxygen atoms in total. The summed E-state index contributed by atoms with van der Waals surface area (Å²) >= 11 is -1.80. The minimum atomic E-state index is -4.78. The molecule has 0 aliphatic rings. The van der Waals surface area contributed by atoms with Crippen LogP contribution in [-0.4, -0.2) is 14.9 Å². The van der Waals surface area contributed by atoms with Gasteiger partial charge in [-0.25, -0.2) is 0 Å². The van der Waals surface area contributed by atoms with Crippen LogP contribution in [0.2, 0.25) is 0 Å². The highest BCUT2D eigenvalue weighted by Gasteiger charge is 2.40. The summed E-state index contributed by atoms with van der Waals surface area (Å²) in [5, 5.41) is 9.17. The number of thiocyanates is 1. The normalized spacial score (nSPS) is 13.0. The summed E-state index contributed by atoms with van der Waals surface area (Å²) in [6.45, 7) is 0. The molecule has 0 spiro atoms. The van der Waals surface area contributed by atoms with Crippen LogP contribution < -0.4 is 0 Å². The van der Waals surface area contributed by atoms with Crippen LogP contribution in [0.25, 0.3) is 0 Å². The van der Waals surface area contributed by atoms with Crippen molar-refractivity contribution in [3.8, 4) is 5.40 Å². The lowest BCUT2D eigenvalue weighted by Crippen LogP contribution is -2.11. The first-order chi connectivity index (χ1) is 6.14. The summed E-state index contributed by atoms with van der Waals surface area (Å²) in [6, 6.07) is 0. The first-order valence-electron chi connectivity index (χ1n) is 2.68. The molecule has 0 aromatic rings. The molecule has 0 aliphatic heterocycles. The van der Waals surface area contributed by atoms with Crippen LogP contribution in [0.15, 0.2) is 0 Å². The van der Waals surface area contributed by atoms with Crippen molar-refractivity contribution in [2.75, 3.05) is 0 Å². The molecule has 0 aromatic heterocycles. The number of rotatable bonds is 3. The molecule has 10 heteroatoms. The maximum Gasteiger partial charge on any atom is 0.443 e. The minimum absolute atomic E-state index is 0.0784. The maximum absolute atomic E-state index is 11.7. The Morgan fingerprint density at radius 2 is 1.29 bits per heavy atom. The lowest BCUT2D eigenvalue weighted by molar-refractivity contribution is -0.0338. The predicted molar refractivity (Wildman–Crippen MR) is 44.3 cm³/mol. The fraction of sp³-hybridized carbons (Fsp3) is 0.750. The molecular formula is C4HF6NS3. The second-order valence-corrected chi connectivity index (χ2v) is 5.75. The van der Waals surface area contributed by atoms with E-state index < -0.39 is 38.5 Å². The van der Waals surface area contributed by atoms with E-state index in [9.17, 15) is 26.3 Å². The van der Waals surface area contributed by atoms with Crippen molar-refractivity contribution in [3.05, 3.63) is 0 Å². The maximum atomic E-state index is 11.7. The molecule has 0 rings (SSSR count). The van der Waals surface area contributed by atoms with Crippen molar-refractivity contribution >= 4 is 35.3 Å². The highest BCUT2D eigenvalue weighted by atomic mass is 32.3. The molecule has 0 aliphatic carbocycles. The van der Waals surface area contributed by atoms with Crippen molar-refractivity contribution in [3.63, 3.8) is 0 Å². The molecule has 0 unspecified atom stereocenters. The van der Waals surface area contributed by atoms with Gasteiger partial charge in [0.25, 0.3) is 0 Å². The first-order valence-corrected chi connectivity index (χ1v) is 5.32. The van der Waals surface area contributed by atoms with Gasteiger partial charge in [-0.1, -0.05) is 0 Å². The molecule has 14 heavy (non-hydrogen) atoms. The highest BCUT2D eigenvalue weighted by molar-refractivity contribution is 8.33. The van der Waals surface area contributed by atoms with Gasteiger partial charge in [0, 0.05) is 0 Å². The molecule has 0 amide bonds. The molecule has 0 heterocycles. The van der Waals surface area contributed by atoms with E-state index in [2.05, 4.69) is 0 Å². The van der Waals surface area contributed by atoms with Crippen LogP contribution in [0.5, 0.6) is 0 Å². The summed E-state index contributed by atoms with van der Waals surface area (Å²) < 4.78 is 68.0. The summed E-state index contributed by atoms with van der Waals surface area (Å²) in [6.07, 6.45) is 0. The largest absolute Gasteiger partial charge is 0.443 e. The van der Waals surface area contributed by atoms with Gasteiger partial charge >= 0.3 is 11.0 Å². The van der Waals surface area contributed by atoms with Crippen molar-refractivity contribution in [2.45, 2.75) is 14.9 Å². The van der Waals surface area contributed by atoms with E-state index in [0.29, 0.717) is 0 Å². The third kappa shape index (κ3) is 8.71. The van der Waals surface area contributed by atoms with E-state index in [1.54, 1.807) is 0 Å². The van der Waals surface area contributed by atoms with Gasteiger partial charge in [0.2, 0.25) is 0 Å². The van der Waals surface area contributed by atoms with Crippen LogP contribution in [0, 0.1) is 10.7 Å². The highest BCUT2D eigenvalue weighted by Crippen LogP contribution is 2.49. The monoisotopic (exact) mass is 273 g/mol.